The quantitative estimate of drug-likeness (QED) is 0.639. The van der Waals surface area contributed by atoms with E-state index >= 15 is 0 Å². The van der Waals surface area contributed by atoms with E-state index in [-0.39, 0.29) is 17.8 Å². The molecule has 1 aliphatic heterocycles. The Kier molecular flexibility index (Phi) is 2.42. The lowest BCUT2D eigenvalue weighted by atomic mass is 9.86. The summed E-state index contributed by atoms with van der Waals surface area (Å²) < 4.78 is 4.84. The average molecular weight is 172 g/mol. The van der Waals surface area contributed by atoms with Gasteiger partial charge in [-0.05, 0) is 6.42 Å². The Balaban J connectivity index is 2.74. The van der Waals surface area contributed by atoms with Crippen LogP contribution in [-0.2, 0) is 9.53 Å². The van der Waals surface area contributed by atoms with Gasteiger partial charge in [-0.3, -0.25) is 4.79 Å². The zero-order chi connectivity index (χ0) is 9.35. The highest BCUT2D eigenvalue weighted by Gasteiger charge is 2.48. The summed E-state index contributed by atoms with van der Waals surface area (Å²) >= 11 is 0. The van der Waals surface area contributed by atoms with Crippen molar-refractivity contribution in [3.8, 4) is 0 Å². The van der Waals surface area contributed by atoms with Crippen molar-refractivity contribution in [2.75, 3.05) is 0 Å². The number of carbonyl (C=O) groups is 1. The largest absolute Gasteiger partial charge is 0.433 e. The van der Waals surface area contributed by atoms with Crippen LogP contribution >= 0.6 is 0 Å². The first-order valence-electron chi connectivity index (χ1n) is 4.44. The lowest BCUT2D eigenvalue weighted by molar-refractivity contribution is -0.192. The fourth-order valence-corrected chi connectivity index (χ4v) is 1.83. The molecule has 3 heteroatoms. The molecule has 70 valence electrons. The molecule has 0 amide bonds. The molecule has 1 aliphatic rings. The van der Waals surface area contributed by atoms with Gasteiger partial charge in [-0.2, -0.15) is 0 Å². The van der Waals surface area contributed by atoms with Gasteiger partial charge in [0.25, 0.3) is 0 Å². The third kappa shape index (κ3) is 1.46. The van der Waals surface area contributed by atoms with Gasteiger partial charge in [-0.25, -0.2) is 0 Å². The minimum absolute atomic E-state index is 0.0463. The van der Waals surface area contributed by atoms with E-state index in [1.54, 1.807) is 6.92 Å². The number of carbonyl (C=O) groups excluding carboxylic acids is 1. The molecule has 2 unspecified atom stereocenters. The second-order valence-electron chi connectivity index (χ2n) is 3.66. The van der Waals surface area contributed by atoms with E-state index in [4.69, 9.17) is 4.74 Å². The first-order chi connectivity index (χ1) is 5.49. The van der Waals surface area contributed by atoms with Crippen LogP contribution < -0.4 is 0 Å². The van der Waals surface area contributed by atoms with Gasteiger partial charge in [0.05, 0.1) is 5.92 Å². The van der Waals surface area contributed by atoms with E-state index in [1.807, 2.05) is 13.8 Å². The number of aliphatic hydroxyl groups is 1. The maximum absolute atomic E-state index is 11.1. The molecule has 0 aromatic heterocycles. The van der Waals surface area contributed by atoms with Gasteiger partial charge in [0.2, 0.25) is 5.79 Å². The van der Waals surface area contributed by atoms with Gasteiger partial charge in [-0.15, -0.1) is 0 Å². The van der Waals surface area contributed by atoms with Gasteiger partial charge in [-0.1, -0.05) is 20.3 Å². The van der Waals surface area contributed by atoms with Crippen molar-refractivity contribution in [1.82, 2.24) is 0 Å². The molecular formula is C9H16O3. The van der Waals surface area contributed by atoms with Crippen LogP contribution in [0.4, 0.5) is 0 Å². The Hall–Kier alpha value is -0.570. The number of hydrogen-bond donors (Lipinski definition) is 1. The fourth-order valence-electron chi connectivity index (χ4n) is 1.83. The van der Waals surface area contributed by atoms with Crippen LogP contribution in [-0.4, -0.2) is 16.9 Å². The number of esters is 1. The SMILES string of the molecule is CCCC1[C@H](C)C(=O)OC1(C)O. The third-order valence-electron chi connectivity index (χ3n) is 2.57. The highest BCUT2D eigenvalue weighted by atomic mass is 16.7. The van der Waals surface area contributed by atoms with Crippen molar-refractivity contribution in [2.24, 2.45) is 11.8 Å². The van der Waals surface area contributed by atoms with Crippen LogP contribution in [0.3, 0.4) is 0 Å². The van der Waals surface area contributed by atoms with Crippen LogP contribution in [0, 0.1) is 11.8 Å². The Morgan fingerprint density at radius 1 is 1.67 bits per heavy atom. The molecule has 3 nitrogen and oxygen atoms in total. The standard InChI is InChI=1S/C9H16O3/c1-4-5-7-6(2)8(10)12-9(7,3)11/h6-7,11H,4-5H2,1-3H3/t6-,7?,9?/m0/s1. The monoisotopic (exact) mass is 172 g/mol. The molecule has 1 fully saturated rings. The zero-order valence-corrected chi connectivity index (χ0v) is 7.83. The van der Waals surface area contributed by atoms with E-state index in [9.17, 15) is 9.90 Å². The first kappa shape index (κ1) is 9.52. The van der Waals surface area contributed by atoms with Gasteiger partial charge < -0.3 is 9.84 Å². The van der Waals surface area contributed by atoms with Gasteiger partial charge in [0.1, 0.15) is 0 Å². The smallest absolute Gasteiger partial charge is 0.311 e. The van der Waals surface area contributed by atoms with Crippen molar-refractivity contribution >= 4 is 5.97 Å². The molecule has 0 aliphatic carbocycles. The van der Waals surface area contributed by atoms with E-state index < -0.39 is 5.79 Å². The second kappa shape index (κ2) is 3.05. The molecular weight excluding hydrogens is 156 g/mol. The molecule has 0 aromatic carbocycles. The van der Waals surface area contributed by atoms with E-state index in [0.29, 0.717) is 0 Å². The first-order valence-corrected chi connectivity index (χ1v) is 4.44. The van der Waals surface area contributed by atoms with Gasteiger partial charge >= 0.3 is 5.97 Å². The molecule has 0 spiro atoms. The van der Waals surface area contributed by atoms with Crippen LogP contribution in [0.25, 0.3) is 0 Å². The molecule has 1 N–H and O–H groups in total. The van der Waals surface area contributed by atoms with Gasteiger partial charge in [0, 0.05) is 12.8 Å². The topological polar surface area (TPSA) is 46.5 Å². The maximum Gasteiger partial charge on any atom is 0.311 e. The van der Waals surface area contributed by atoms with Crippen LogP contribution in [0.2, 0.25) is 0 Å². The molecule has 1 rings (SSSR count). The van der Waals surface area contributed by atoms with Crippen LogP contribution in [0.15, 0.2) is 0 Å². The molecule has 0 bridgehead atoms. The van der Waals surface area contributed by atoms with Crippen LogP contribution in [0.1, 0.15) is 33.6 Å². The summed E-state index contributed by atoms with van der Waals surface area (Å²) in [6.45, 7) is 5.41. The van der Waals surface area contributed by atoms with Crippen molar-refractivity contribution < 1.29 is 14.6 Å². The lowest BCUT2D eigenvalue weighted by Crippen LogP contribution is -2.32. The summed E-state index contributed by atoms with van der Waals surface area (Å²) in [5.74, 6) is -1.74. The molecule has 0 saturated carbocycles. The average Bonchev–Trinajstić information content (AvgIpc) is 2.13. The number of ether oxygens (including phenoxy) is 1. The summed E-state index contributed by atoms with van der Waals surface area (Å²) in [5.41, 5.74) is 0. The Morgan fingerprint density at radius 3 is 2.58 bits per heavy atom. The van der Waals surface area contributed by atoms with E-state index in [1.165, 1.54) is 0 Å². The summed E-state index contributed by atoms with van der Waals surface area (Å²) in [6.07, 6.45) is 1.79. The van der Waals surface area contributed by atoms with E-state index in [2.05, 4.69) is 0 Å². The summed E-state index contributed by atoms with van der Waals surface area (Å²) in [6, 6.07) is 0. The van der Waals surface area contributed by atoms with Crippen molar-refractivity contribution in [1.29, 1.82) is 0 Å². The Bertz CT molecular complexity index is 186. The number of hydrogen-bond acceptors (Lipinski definition) is 3. The minimum Gasteiger partial charge on any atom is -0.433 e. The minimum atomic E-state index is -1.24. The lowest BCUT2D eigenvalue weighted by Gasteiger charge is -2.23. The van der Waals surface area contributed by atoms with Gasteiger partial charge in [0.15, 0.2) is 0 Å². The van der Waals surface area contributed by atoms with E-state index in [0.717, 1.165) is 12.8 Å². The summed E-state index contributed by atoms with van der Waals surface area (Å²) in [5, 5.41) is 9.68. The molecule has 1 heterocycles. The molecule has 0 radical (unpaired) electrons. The number of rotatable bonds is 2. The maximum atomic E-state index is 11.1. The zero-order valence-electron chi connectivity index (χ0n) is 7.83. The van der Waals surface area contributed by atoms with Crippen molar-refractivity contribution in [3.63, 3.8) is 0 Å². The molecule has 12 heavy (non-hydrogen) atoms. The van der Waals surface area contributed by atoms with Crippen molar-refractivity contribution in [2.45, 2.75) is 39.4 Å². The molecule has 1 saturated heterocycles. The van der Waals surface area contributed by atoms with Crippen molar-refractivity contribution in [3.05, 3.63) is 0 Å². The summed E-state index contributed by atoms with van der Waals surface area (Å²) in [7, 11) is 0. The Labute approximate surface area is 72.7 Å². The highest BCUT2D eigenvalue weighted by molar-refractivity contribution is 5.75. The predicted octanol–water partition coefficient (Wildman–Crippen LogP) is 1.30. The second-order valence-corrected chi connectivity index (χ2v) is 3.66. The predicted molar refractivity (Wildman–Crippen MR) is 44.3 cm³/mol. The molecule has 3 atom stereocenters. The Morgan fingerprint density at radius 2 is 2.25 bits per heavy atom. The normalized spacial score (nSPS) is 41.5. The number of cyclic esters (lactones) is 1. The molecule has 0 aromatic rings. The van der Waals surface area contributed by atoms with Crippen LogP contribution in [0.5, 0.6) is 0 Å². The third-order valence-corrected chi connectivity index (χ3v) is 2.57. The summed E-state index contributed by atoms with van der Waals surface area (Å²) in [4.78, 5) is 11.1. The highest BCUT2D eigenvalue weighted by Crippen LogP contribution is 2.37. The fraction of sp³-hybridized carbons (Fsp3) is 0.889.